The monoisotopic (exact) mass is 381 g/mol. The molecule has 6 heteroatoms. The van der Waals surface area contributed by atoms with Gasteiger partial charge >= 0.3 is 0 Å². The van der Waals surface area contributed by atoms with E-state index >= 15 is 0 Å². The zero-order valence-corrected chi connectivity index (χ0v) is 15.6. The molecular weight excluding hydrogens is 358 g/mol. The van der Waals surface area contributed by atoms with Crippen LogP contribution in [0.2, 0.25) is 0 Å². The summed E-state index contributed by atoms with van der Waals surface area (Å²) in [6.45, 7) is -0.187. The van der Waals surface area contributed by atoms with Crippen molar-refractivity contribution in [3.05, 3.63) is 48.0 Å². The number of hydrogen-bond donors (Lipinski definition) is 2. The molecule has 0 radical (unpaired) electrons. The van der Waals surface area contributed by atoms with Crippen LogP contribution in [0.25, 0.3) is 0 Å². The van der Waals surface area contributed by atoms with Gasteiger partial charge in [-0.05, 0) is 49.9 Å². The van der Waals surface area contributed by atoms with E-state index in [0.717, 1.165) is 25.7 Å². The Morgan fingerprint density at radius 2 is 1.96 bits per heavy atom. The van der Waals surface area contributed by atoms with Crippen molar-refractivity contribution < 1.29 is 24.2 Å². The number of phenols is 1. The first-order valence-electron chi connectivity index (χ1n) is 9.61. The van der Waals surface area contributed by atoms with E-state index in [-0.39, 0.29) is 29.6 Å². The van der Waals surface area contributed by atoms with Gasteiger partial charge in [0.2, 0.25) is 0 Å². The third-order valence-corrected chi connectivity index (χ3v) is 5.33. The zero-order valence-electron chi connectivity index (χ0n) is 15.6. The lowest BCUT2D eigenvalue weighted by Gasteiger charge is -2.40. The molecular formula is C22H23NO5. The minimum atomic E-state index is -0.381. The first kappa shape index (κ1) is 18.3. The topological polar surface area (TPSA) is 84.9 Å². The highest BCUT2D eigenvalue weighted by Gasteiger charge is 2.41. The molecule has 0 saturated heterocycles. The maximum absolute atomic E-state index is 12.6. The van der Waals surface area contributed by atoms with E-state index in [2.05, 4.69) is 5.32 Å². The molecule has 1 fully saturated rings. The van der Waals surface area contributed by atoms with Gasteiger partial charge in [0.15, 0.2) is 12.4 Å². The molecule has 28 heavy (non-hydrogen) atoms. The predicted molar refractivity (Wildman–Crippen MR) is 104 cm³/mol. The zero-order chi connectivity index (χ0) is 19.6. The van der Waals surface area contributed by atoms with Crippen LogP contribution in [0, 0.1) is 0 Å². The van der Waals surface area contributed by atoms with Gasteiger partial charge in [-0.1, -0.05) is 12.5 Å². The van der Waals surface area contributed by atoms with Gasteiger partial charge in [-0.15, -0.1) is 0 Å². The molecule has 0 bridgehead atoms. The number of fused-ring (bicyclic) bond motifs is 1. The third-order valence-electron chi connectivity index (χ3n) is 5.33. The molecule has 1 aliphatic carbocycles. The molecule has 1 spiro atoms. The highest BCUT2D eigenvalue weighted by atomic mass is 16.5. The highest BCUT2D eigenvalue weighted by Crippen LogP contribution is 2.42. The Hall–Kier alpha value is -3.02. The Labute approximate surface area is 163 Å². The van der Waals surface area contributed by atoms with Gasteiger partial charge in [0.05, 0.1) is 12.0 Å². The van der Waals surface area contributed by atoms with E-state index < -0.39 is 0 Å². The maximum atomic E-state index is 12.6. The Kier molecular flexibility index (Phi) is 4.94. The van der Waals surface area contributed by atoms with E-state index in [0.29, 0.717) is 29.2 Å². The van der Waals surface area contributed by atoms with Gasteiger partial charge in [-0.3, -0.25) is 9.59 Å². The van der Waals surface area contributed by atoms with Gasteiger partial charge in [-0.25, -0.2) is 0 Å². The molecule has 2 aliphatic rings. The SMILES string of the molecule is O=C(COc1ccc2c(c1)OC1(CCCCC1)CC2=O)Nc1cccc(O)c1. The summed E-state index contributed by atoms with van der Waals surface area (Å²) in [4.78, 5) is 24.6. The summed E-state index contributed by atoms with van der Waals surface area (Å²) in [6, 6.07) is 11.4. The van der Waals surface area contributed by atoms with Crippen molar-refractivity contribution in [2.75, 3.05) is 11.9 Å². The Bertz CT molecular complexity index is 902. The number of ether oxygens (including phenoxy) is 2. The second-order valence-corrected chi connectivity index (χ2v) is 7.49. The quantitative estimate of drug-likeness (QED) is 0.834. The van der Waals surface area contributed by atoms with E-state index in [4.69, 9.17) is 9.47 Å². The minimum absolute atomic E-state index is 0.0758. The lowest BCUT2D eigenvalue weighted by atomic mass is 9.78. The van der Waals surface area contributed by atoms with Crippen molar-refractivity contribution in [3.63, 3.8) is 0 Å². The van der Waals surface area contributed by atoms with Crippen molar-refractivity contribution in [2.24, 2.45) is 0 Å². The van der Waals surface area contributed by atoms with Crippen molar-refractivity contribution in [1.29, 1.82) is 0 Å². The minimum Gasteiger partial charge on any atom is -0.508 e. The van der Waals surface area contributed by atoms with Crippen LogP contribution in [-0.2, 0) is 4.79 Å². The number of nitrogens with one attached hydrogen (secondary N) is 1. The van der Waals surface area contributed by atoms with Crippen LogP contribution in [0.15, 0.2) is 42.5 Å². The lowest BCUT2D eigenvalue weighted by molar-refractivity contribution is -0.118. The molecule has 1 heterocycles. The number of carbonyl (C=O) groups is 2. The number of phenolic OH excluding ortho intramolecular Hbond substituents is 1. The number of anilines is 1. The molecule has 0 atom stereocenters. The Morgan fingerprint density at radius 3 is 2.75 bits per heavy atom. The van der Waals surface area contributed by atoms with Crippen LogP contribution in [0.5, 0.6) is 17.2 Å². The second kappa shape index (κ2) is 7.54. The average Bonchev–Trinajstić information content (AvgIpc) is 2.66. The first-order valence-corrected chi connectivity index (χ1v) is 9.61. The van der Waals surface area contributed by atoms with E-state index in [1.165, 1.54) is 18.6 Å². The molecule has 6 nitrogen and oxygen atoms in total. The van der Waals surface area contributed by atoms with Crippen LogP contribution in [0.4, 0.5) is 5.69 Å². The van der Waals surface area contributed by atoms with Crippen molar-refractivity contribution in [1.82, 2.24) is 0 Å². The summed E-state index contributed by atoms with van der Waals surface area (Å²) in [5.74, 6) is 0.863. The van der Waals surface area contributed by atoms with Gasteiger partial charge in [0.1, 0.15) is 22.8 Å². The van der Waals surface area contributed by atoms with E-state index in [9.17, 15) is 14.7 Å². The fourth-order valence-electron chi connectivity index (χ4n) is 3.97. The predicted octanol–water partition coefficient (Wildman–Crippen LogP) is 4.08. The molecule has 0 unspecified atom stereocenters. The Balaban J connectivity index is 1.42. The van der Waals surface area contributed by atoms with Crippen LogP contribution in [-0.4, -0.2) is 29.0 Å². The molecule has 2 N–H and O–H groups in total. The largest absolute Gasteiger partial charge is 0.508 e. The molecule has 2 aromatic rings. The van der Waals surface area contributed by atoms with Crippen molar-refractivity contribution >= 4 is 17.4 Å². The number of rotatable bonds is 4. The smallest absolute Gasteiger partial charge is 0.262 e. The van der Waals surface area contributed by atoms with Crippen LogP contribution in [0.3, 0.4) is 0 Å². The fraction of sp³-hybridized carbons (Fsp3) is 0.364. The normalized spacial score (nSPS) is 17.5. The van der Waals surface area contributed by atoms with Gasteiger partial charge < -0.3 is 19.9 Å². The van der Waals surface area contributed by atoms with E-state index in [1.807, 2.05) is 0 Å². The molecule has 4 rings (SSSR count). The number of amides is 1. The van der Waals surface area contributed by atoms with Gasteiger partial charge in [0, 0.05) is 17.8 Å². The van der Waals surface area contributed by atoms with Crippen LogP contribution in [0.1, 0.15) is 48.9 Å². The summed E-state index contributed by atoms with van der Waals surface area (Å²) in [6.07, 6.45) is 5.57. The van der Waals surface area contributed by atoms with Crippen LogP contribution >= 0.6 is 0 Å². The van der Waals surface area contributed by atoms with Crippen molar-refractivity contribution in [2.45, 2.75) is 44.1 Å². The maximum Gasteiger partial charge on any atom is 0.262 e. The highest BCUT2D eigenvalue weighted by molar-refractivity contribution is 6.00. The standard InChI is InChI=1S/C22H23NO5/c24-16-6-4-5-15(11-16)23-21(26)14-27-17-7-8-18-19(25)13-22(28-20(18)12-17)9-2-1-3-10-22/h4-8,11-12,24H,1-3,9-10,13-14H2,(H,23,26). The molecule has 146 valence electrons. The summed E-state index contributed by atoms with van der Waals surface area (Å²) in [5.41, 5.74) is 0.688. The summed E-state index contributed by atoms with van der Waals surface area (Å²) >= 11 is 0. The molecule has 1 saturated carbocycles. The number of benzene rings is 2. The van der Waals surface area contributed by atoms with Crippen molar-refractivity contribution in [3.8, 4) is 17.2 Å². The summed E-state index contributed by atoms with van der Waals surface area (Å²) < 4.78 is 11.8. The summed E-state index contributed by atoms with van der Waals surface area (Å²) in [5, 5.41) is 12.1. The number of ketones is 1. The molecule has 0 aromatic heterocycles. The molecule has 2 aromatic carbocycles. The number of carbonyl (C=O) groups excluding carboxylic acids is 2. The van der Waals surface area contributed by atoms with Gasteiger partial charge in [-0.2, -0.15) is 0 Å². The first-order chi connectivity index (χ1) is 13.5. The van der Waals surface area contributed by atoms with Gasteiger partial charge in [0.25, 0.3) is 5.91 Å². The lowest BCUT2D eigenvalue weighted by Crippen LogP contribution is -2.43. The fourth-order valence-corrected chi connectivity index (χ4v) is 3.97. The average molecular weight is 381 g/mol. The Morgan fingerprint density at radius 1 is 1.14 bits per heavy atom. The molecule has 1 amide bonds. The number of Topliss-reactive ketones (excluding diaryl/α,β-unsaturated/α-hetero) is 1. The third kappa shape index (κ3) is 3.96. The molecule has 1 aliphatic heterocycles. The number of aromatic hydroxyl groups is 1. The summed E-state index contributed by atoms with van der Waals surface area (Å²) in [7, 11) is 0. The number of hydrogen-bond acceptors (Lipinski definition) is 5. The second-order valence-electron chi connectivity index (χ2n) is 7.49. The van der Waals surface area contributed by atoms with Crippen LogP contribution < -0.4 is 14.8 Å². The van der Waals surface area contributed by atoms with E-state index in [1.54, 1.807) is 30.3 Å².